The van der Waals surface area contributed by atoms with Gasteiger partial charge in [-0.1, -0.05) is 26.8 Å². The van der Waals surface area contributed by atoms with E-state index in [4.69, 9.17) is 0 Å². The second-order valence-electron chi connectivity index (χ2n) is 6.94. The van der Waals surface area contributed by atoms with E-state index in [0.29, 0.717) is 5.92 Å². The molecule has 0 unspecified atom stereocenters. The molecule has 0 bridgehead atoms. The highest BCUT2D eigenvalue weighted by molar-refractivity contribution is 5.98. The number of ketones is 1. The standard InChI is InChI=1S/C17H23F2NO/c1-17(2,3)12-7-9-20(10-8-12)11-15(21)16-13(18)5-4-6-14(16)19/h4-6,12H,7-11H2,1-3H3. The fourth-order valence-corrected chi connectivity index (χ4v) is 3.00. The van der Waals surface area contributed by atoms with E-state index in [1.807, 2.05) is 4.90 Å². The Balaban J connectivity index is 1.96. The topological polar surface area (TPSA) is 20.3 Å². The number of likely N-dealkylation sites (tertiary alicyclic amines) is 1. The van der Waals surface area contributed by atoms with Crippen molar-refractivity contribution in [3.8, 4) is 0 Å². The minimum absolute atomic E-state index is 0.0920. The maximum atomic E-state index is 13.6. The monoisotopic (exact) mass is 295 g/mol. The van der Waals surface area contributed by atoms with Crippen LogP contribution in [0, 0.1) is 23.0 Å². The first-order chi connectivity index (χ1) is 9.79. The third kappa shape index (κ3) is 3.88. The minimum Gasteiger partial charge on any atom is -0.296 e. The van der Waals surface area contributed by atoms with Gasteiger partial charge in [-0.25, -0.2) is 8.78 Å². The molecule has 0 atom stereocenters. The van der Waals surface area contributed by atoms with Crippen molar-refractivity contribution < 1.29 is 13.6 Å². The molecule has 0 saturated carbocycles. The van der Waals surface area contributed by atoms with E-state index >= 15 is 0 Å². The summed E-state index contributed by atoms with van der Waals surface area (Å²) in [6, 6.07) is 3.53. The van der Waals surface area contributed by atoms with E-state index < -0.39 is 23.0 Å². The van der Waals surface area contributed by atoms with Crippen LogP contribution in [0.2, 0.25) is 0 Å². The highest BCUT2D eigenvalue weighted by atomic mass is 19.1. The second kappa shape index (κ2) is 6.22. The van der Waals surface area contributed by atoms with Crippen LogP contribution in [0.5, 0.6) is 0 Å². The Hall–Kier alpha value is -1.29. The summed E-state index contributed by atoms with van der Waals surface area (Å²) in [6.45, 7) is 8.40. The van der Waals surface area contributed by atoms with Crippen LogP contribution in [0.15, 0.2) is 18.2 Å². The lowest BCUT2D eigenvalue weighted by atomic mass is 9.75. The van der Waals surface area contributed by atoms with E-state index in [2.05, 4.69) is 20.8 Å². The molecule has 1 aliphatic heterocycles. The fraction of sp³-hybridized carbons (Fsp3) is 0.588. The maximum absolute atomic E-state index is 13.6. The number of nitrogens with zero attached hydrogens (tertiary/aromatic N) is 1. The Morgan fingerprint density at radius 1 is 1.19 bits per heavy atom. The van der Waals surface area contributed by atoms with Crippen LogP contribution in [0.4, 0.5) is 8.78 Å². The molecule has 21 heavy (non-hydrogen) atoms. The lowest BCUT2D eigenvalue weighted by molar-refractivity contribution is 0.0815. The lowest BCUT2D eigenvalue weighted by Crippen LogP contribution is -2.40. The van der Waals surface area contributed by atoms with Gasteiger partial charge >= 0.3 is 0 Å². The van der Waals surface area contributed by atoms with Gasteiger partial charge in [0.1, 0.15) is 11.6 Å². The molecule has 1 saturated heterocycles. The van der Waals surface area contributed by atoms with Gasteiger partial charge in [-0.3, -0.25) is 9.69 Å². The number of benzene rings is 1. The largest absolute Gasteiger partial charge is 0.296 e. The van der Waals surface area contributed by atoms with Gasteiger partial charge in [0.15, 0.2) is 5.78 Å². The summed E-state index contributed by atoms with van der Waals surface area (Å²) in [5.41, 5.74) is -0.135. The van der Waals surface area contributed by atoms with Gasteiger partial charge in [-0.05, 0) is 49.4 Å². The molecule has 4 heteroatoms. The Kier molecular flexibility index (Phi) is 4.77. The Morgan fingerprint density at radius 2 is 1.71 bits per heavy atom. The molecule has 0 aromatic heterocycles. The zero-order valence-electron chi connectivity index (χ0n) is 13.0. The third-order valence-electron chi connectivity index (χ3n) is 4.42. The Bertz CT molecular complexity index is 494. The highest BCUT2D eigenvalue weighted by Crippen LogP contribution is 2.34. The summed E-state index contributed by atoms with van der Waals surface area (Å²) in [4.78, 5) is 14.1. The molecule has 1 aromatic carbocycles. The normalized spacial score (nSPS) is 18.0. The van der Waals surface area contributed by atoms with Gasteiger partial charge in [0.25, 0.3) is 0 Å². The first kappa shape index (κ1) is 16.1. The molecular formula is C17H23F2NO. The van der Waals surface area contributed by atoms with Gasteiger partial charge in [0, 0.05) is 0 Å². The first-order valence-electron chi connectivity index (χ1n) is 7.48. The molecular weight excluding hydrogens is 272 g/mol. The van der Waals surface area contributed by atoms with Crippen LogP contribution in [0.3, 0.4) is 0 Å². The van der Waals surface area contributed by atoms with Crippen molar-refractivity contribution in [1.29, 1.82) is 0 Å². The molecule has 1 aromatic rings. The average Bonchev–Trinajstić information content (AvgIpc) is 2.38. The number of rotatable bonds is 3. The predicted octanol–water partition coefficient (Wildman–Crippen LogP) is 3.91. The minimum atomic E-state index is -0.774. The van der Waals surface area contributed by atoms with E-state index in [1.165, 1.54) is 6.07 Å². The van der Waals surface area contributed by atoms with Crippen LogP contribution in [0.1, 0.15) is 44.0 Å². The van der Waals surface area contributed by atoms with Crippen molar-refractivity contribution >= 4 is 5.78 Å². The third-order valence-corrected chi connectivity index (χ3v) is 4.42. The van der Waals surface area contributed by atoms with Crippen LogP contribution in [-0.2, 0) is 0 Å². The number of hydrogen-bond donors (Lipinski definition) is 0. The summed E-state index contributed by atoms with van der Waals surface area (Å²) in [6.07, 6.45) is 2.05. The van der Waals surface area contributed by atoms with Crippen molar-refractivity contribution in [3.05, 3.63) is 35.4 Å². The lowest BCUT2D eigenvalue weighted by Gasteiger charge is -2.38. The van der Waals surface area contributed by atoms with Gasteiger partial charge < -0.3 is 0 Å². The summed E-state index contributed by atoms with van der Waals surface area (Å²) in [7, 11) is 0. The molecule has 1 fully saturated rings. The molecule has 0 N–H and O–H groups in total. The van der Waals surface area contributed by atoms with Crippen LogP contribution < -0.4 is 0 Å². The Morgan fingerprint density at radius 3 is 2.19 bits per heavy atom. The molecule has 0 radical (unpaired) electrons. The fourth-order valence-electron chi connectivity index (χ4n) is 3.00. The molecule has 2 rings (SSSR count). The molecule has 1 heterocycles. The summed E-state index contributed by atoms with van der Waals surface area (Å²) < 4.78 is 27.2. The van der Waals surface area contributed by atoms with Crippen molar-refractivity contribution in [2.24, 2.45) is 11.3 Å². The highest BCUT2D eigenvalue weighted by Gasteiger charge is 2.30. The maximum Gasteiger partial charge on any atom is 0.182 e. The molecule has 0 aliphatic carbocycles. The zero-order valence-corrected chi connectivity index (χ0v) is 13.0. The number of piperidine rings is 1. The van der Waals surface area contributed by atoms with Crippen LogP contribution in [0.25, 0.3) is 0 Å². The van der Waals surface area contributed by atoms with E-state index in [0.717, 1.165) is 38.1 Å². The number of carbonyl (C=O) groups excluding carboxylic acids is 1. The van der Waals surface area contributed by atoms with Crippen molar-refractivity contribution in [2.45, 2.75) is 33.6 Å². The van der Waals surface area contributed by atoms with Gasteiger partial charge in [0.2, 0.25) is 0 Å². The van der Waals surface area contributed by atoms with E-state index in [9.17, 15) is 13.6 Å². The van der Waals surface area contributed by atoms with Crippen LogP contribution in [-0.4, -0.2) is 30.3 Å². The quantitative estimate of drug-likeness (QED) is 0.788. The van der Waals surface area contributed by atoms with E-state index in [1.54, 1.807) is 0 Å². The van der Waals surface area contributed by atoms with Crippen LogP contribution >= 0.6 is 0 Å². The van der Waals surface area contributed by atoms with Crippen molar-refractivity contribution in [1.82, 2.24) is 4.90 Å². The predicted molar refractivity (Wildman–Crippen MR) is 79.3 cm³/mol. The second-order valence-corrected chi connectivity index (χ2v) is 6.94. The number of hydrogen-bond acceptors (Lipinski definition) is 2. The zero-order chi connectivity index (χ0) is 15.6. The van der Waals surface area contributed by atoms with Crippen molar-refractivity contribution in [3.63, 3.8) is 0 Å². The van der Waals surface area contributed by atoms with Crippen molar-refractivity contribution in [2.75, 3.05) is 19.6 Å². The molecule has 116 valence electrons. The summed E-state index contributed by atoms with van der Waals surface area (Å²) >= 11 is 0. The number of halogens is 2. The molecule has 1 aliphatic rings. The molecule has 2 nitrogen and oxygen atoms in total. The first-order valence-corrected chi connectivity index (χ1v) is 7.48. The number of Topliss-reactive ketones (excluding diaryl/α,β-unsaturated/α-hetero) is 1. The van der Waals surface area contributed by atoms with Gasteiger partial charge in [-0.15, -0.1) is 0 Å². The average molecular weight is 295 g/mol. The summed E-state index contributed by atoms with van der Waals surface area (Å²) in [5.74, 6) is -1.39. The van der Waals surface area contributed by atoms with Gasteiger partial charge in [0.05, 0.1) is 12.1 Å². The Labute approximate surface area is 125 Å². The number of carbonyl (C=O) groups is 1. The van der Waals surface area contributed by atoms with E-state index in [-0.39, 0.29) is 12.0 Å². The van der Waals surface area contributed by atoms with Gasteiger partial charge in [-0.2, -0.15) is 0 Å². The SMILES string of the molecule is CC(C)(C)C1CCN(CC(=O)c2c(F)cccc2F)CC1. The molecule has 0 spiro atoms. The summed E-state index contributed by atoms with van der Waals surface area (Å²) in [5, 5.41) is 0. The molecule has 0 amide bonds. The smallest absolute Gasteiger partial charge is 0.182 e.